The second-order valence-electron chi connectivity index (χ2n) is 8.40. The summed E-state index contributed by atoms with van der Waals surface area (Å²) in [4.78, 5) is 17.9. The third kappa shape index (κ3) is 6.48. The molecule has 2 heterocycles. The number of nitrogens with one attached hydrogen (secondary N) is 1. The number of pyridine rings is 1. The maximum Gasteiger partial charge on any atom is 0.217 e. The highest BCUT2D eigenvalue weighted by Gasteiger charge is 2.24. The molecule has 0 bridgehead atoms. The van der Waals surface area contributed by atoms with E-state index in [9.17, 15) is 4.79 Å². The lowest BCUT2D eigenvalue weighted by molar-refractivity contribution is -0.119. The lowest BCUT2D eigenvalue weighted by Crippen LogP contribution is -2.25. The van der Waals surface area contributed by atoms with Crippen molar-refractivity contribution < 1.29 is 14.3 Å². The van der Waals surface area contributed by atoms with Crippen LogP contribution in [0.5, 0.6) is 11.6 Å². The topological polar surface area (TPSA) is 63.7 Å². The molecule has 1 aromatic heterocycles. The zero-order valence-corrected chi connectivity index (χ0v) is 19.2. The van der Waals surface area contributed by atoms with Crippen molar-refractivity contribution in [2.24, 2.45) is 0 Å². The third-order valence-electron chi connectivity index (χ3n) is 5.81. The minimum atomic E-state index is -0.0327. The van der Waals surface area contributed by atoms with Crippen LogP contribution in [0, 0.1) is 0 Å². The molecule has 33 heavy (non-hydrogen) atoms. The Bertz CT molecular complexity index is 1040. The van der Waals surface area contributed by atoms with Crippen LogP contribution in [0.3, 0.4) is 0 Å². The van der Waals surface area contributed by atoms with Gasteiger partial charge in [-0.25, -0.2) is 4.98 Å². The number of benzene rings is 2. The second-order valence-corrected chi connectivity index (χ2v) is 8.40. The minimum absolute atomic E-state index is 0.0191. The van der Waals surface area contributed by atoms with Crippen molar-refractivity contribution in [2.75, 3.05) is 24.6 Å². The molecule has 1 saturated heterocycles. The lowest BCUT2D eigenvalue weighted by atomic mass is 10.1. The molecule has 172 valence electrons. The Hall–Kier alpha value is -3.54. The summed E-state index contributed by atoms with van der Waals surface area (Å²) in [5.41, 5.74) is 3.42. The normalized spacial score (nSPS) is 16.3. The summed E-state index contributed by atoms with van der Waals surface area (Å²) in [7, 11) is 0. The van der Waals surface area contributed by atoms with Gasteiger partial charge in [-0.2, -0.15) is 0 Å². The Morgan fingerprint density at radius 2 is 1.94 bits per heavy atom. The monoisotopic (exact) mass is 445 g/mol. The summed E-state index contributed by atoms with van der Waals surface area (Å²) in [6.45, 7) is 5.85. The van der Waals surface area contributed by atoms with E-state index in [4.69, 9.17) is 9.47 Å². The number of ether oxygens (including phenoxy) is 2. The predicted molar refractivity (Wildman–Crippen MR) is 130 cm³/mol. The highest BCUT2D eigenvalue weighted by Crippen LogP contribution is 2.26. The fraction of sp³-hybridized carbons (Fsp3) is 0.333. The molecule has 1 amide bonds. The molecule has 6 nitrogen and oxygen atoms in total. The Morgan fingerprint density at radius 3 is 2.70 bits per heavy atom. The van der Waals surface area contributed by atoms with Crippen molar-refractivity contribution >= 4 is 11.6 Å². The second kappa shape index (κ2) is 10.9. The van der Waals surface area contributed by atoms with E-state index >= 15 is 0 Å². The Labute approximate surface area is 195 Å². The van der Waals surface area contributed by atoms with Crippen LogP contribution < -0.4 is 19.7 Å². The summed E-state index contributed by atoms with van der Waals surface area (Å²) >= 11 is 0. The molecule has 2 atom stereocenters. The molecular weight excluding hydrogens is 414 g/mol. The van der Waals surface area contributed by atoms with Crippen molar-refractivity contribution in [2.45, 2.75) is 38.8 Å². The van der Waals surface area contributed by atoms with E-state index in [0.29, 0.717) is 12.5 Å². The van der Waals surface area contributed by atoms with E-state index in [1.807, 2.05) is 61.5 Å². The van der Waals surface area contributed by atoms with Crippen molar-refractivity contribution in [3.63, 3.8) is 0 Å². The van der Waals surface area contributed by atoms with Crippen LogP contribution in [0.4, 0.5) is 5.69 Å². The quantitative estimate of drug-likeness (QED) is 0.523. The van der Waals surface area contributed by atoms with Gasteiger partial charge in [-0.3, -0.25) is 4.79 Å². The van der Waals surface area contributed by atoms with Gasteiger partial charge in [-0.1, -0.05) is 42.5 Å². The van der Waals surface area contributed by atoms with Gasteiger partial charge in [0, 0.05) is 44.3 Å². The van der Waals surface area contributed by atoms with Gasteiger partial charge in [0.15, 0.2) is 0 Å². The maximum absolute atomic E-state index is 11.3. The summed E-state index contributed by atoms with van der Waals surface area (Å²) < 4.78 is 12.1. The van der Waals surface area contributed by atoms with E-state index in [-0.39, 0.29) is 18.1 Å². The smallest absolute Gasteiger partial charge is 0.217 e. The number of hydrogen-bond donors (Lipinski definition) is 1. The molecule has 6 heteroatoms. The number of hydrogen-bond acceptors (Lipinski definition) is 5. The number of amides is 1. The van der Waals surface area contributed by atoms with Crippen LogP contribution >= 0.6 is 0 Å². The lowest BCUT2D eigenvalue weighted by Gasteiger charge is -2.20. The van der Waals surface area contributed by atoms with Crippen molar-refractivity contribution in [1.29, 1.82) is 0 Å². The summed E-state index contributed by atoms with van der Waals surface area (Å²) in [6.07, 6.45) is 3.74. The first-order valence-electron chi connectivity index (χ1n) is 11.5. The van der Waals surface area contributed by atoms with Gasteiger partial charge >= 0.3 is 0 Å². The Balaban J connectivity index is 1.28. The summed E-state index contributed by atoms with van der Waals surface area (Å²) in [6, 6.07) is 22.3. The number of rotatable bonds is 9. The largest absolute Gasteiger partial charge is 0.489 e. The van der Waals surface area contributed by atoms with Crippen molar-refractivity contribution in [1.82, 2.24) is 10.3 Å². The SMILES string of the molecule is CC(=O)N[C@@H](C)c1ccc(O[C@@H]2CCN(c3ccnc(OCCc4ccccc4)c3)C2)cc1. The first-order chi connectivity index (χ1) is 16.1. The van der Waals surface area contributed by atoms with E-state index in [1.165, 1.54) is 12.5 Å². The van der Waals surface area contributed by atoms with Crippen molar-refractivity contribution in [3.8, 4) is 11.6 Å². The van der Waals surface area contributed by atoms with Gasteiger partial charge in [0.05, 0.1) is 19.2 Å². The van der Waals surface area contributed by atoms with E-state index in [2.05, 4.69) is 27.3 Å². The zero-order valence-electron chi connectivity index (χ0n) is 19.2. The average Bonchev–Trinajstić information content (AvgIpc) is 3.29. The molecule has 1 fully saturated rings. The number of aromatic nitrogens is 1. The third-order valence-corrected chi connectivity index (χ3v) is 5.81. The molecule has 0 spiro atoms. The zero-order chi connectivity index (χ0) is 23.0. The minimum Gasteiger partial charge on any atom is -0.489 e. The van der Waals surface area contributed by atoms with Gasteiger partial charge in [0.2, 0.25) is 11.8 Å². The number of carbonyl (C=O) groups is 1. The van der Waals surface area contributed by atoms with E-state index < -0.39 is 0 Å². The van der Waals surface area contributed by atoms with Crippen LogP contribution in [0.25, 0.3) is 0 Å². The highest BCUT2D eigenvalue weighted by atomic mass is 16.5. The number of nitrogens with zero attached hydrogens (tertiary/aromatic N) is 2. The first kappa shape index (κ1) is 22.6. The Morgan fingerprint density at radius 1 is 1.15 bits per heavy atom. The average molecular weight is 446 g/mol. The molecule has 0 radical (unpaired) electrons. The van der Waals surface area contributed by atoms with Crippen molar-refractivity contribution in [3.05, 3.63) is 84.1 Å². The molecule has 2 aromatic carbocycles. The molecule has 0 aliphatic carbocycles. The summed E-state index contributed by atoms with van der Waals surface area (Å²) in [5.74, 6) is 1.46. The number of anilines is 1. The van der Waals surface area contributed by atoms with E-state index in [1.54, 1.807) is 6.20 Å². The van der Waals surface area contributed by atoms with Gasteiger partial charge in [0.25, 0.3) is 0 Å². The molecule has 3 aromatic rings. The fourth-order valence-corrected chi connectivity index (χ4v) is 4.07. The van der Waals surface area contributed by atoms with Crippen LogP contribution in [0.15, 0.2) is 72.9 Å². The molecule has 0 saturated carbocycles. The molecule has 1 aliphatic rings. The molecule has 1 aliphatic heterocycles. The van der Waals surface area contributed by atoms with Crippen LogP contribution in [-0.2, 0) is 11.2 Å². The molecule has 4 rings (SSSR count). The van der Waals surface area contributed by atoms with E-state index in [0.717, 1.165) is 42.9 Å². The first-order valence-corrected chi connectivity index (χ1v) is 11.5. The van der Waals surface area contributed by atoms with Gasteiger partial charge in [0.1, 0.15) is 11.9 Å². The maximum atomic E-state index is 11.3. The molecular formula is C27H31N3O3. The number of carbonyl (C=O) groups excluding carboxylic acids is 1. The van der Waals surface area contributed by atoms with Gasteiger partial charge in [-0.15, -0.1) is 0 Å². The Kier molecular flexibility index (Phi) is 7.45. The van der Waals surface area contributed by atoms with Crippen LogP contribution in [0.1, 0.15) is 37.4 Å². The predicted octanol–water partition coefficient (Wildman–Crippen LogP) is 4.56. The summed E-state index contributed by atoms with van der Waals surface area (Å²) in [5, 5.41) is 2.90. The van der Waals surface area contributed by atoms with Gasteiger partial charge in [-0.05, 0) is 36.2 Å². The van der Waals surface area contributed by atoms with Crippen LogP contribution in [0.2, 0.25) is 0 Å². The van der Waals surface area contributed by atoms with Gasteiger partial charge < -0.3 is 19.7 Å². The van der Waals surface area contributed by atoms with Crippen LogP contribution in [-0.4, -0.2) is 36.7 Å². The molecule has 0 unspecified atom stereocenters. The standard InChI is InChI=1S/C27H31N3O3/c1-20(29-21(2)31)23-8-10-25(11-9-23)33-26-13-16-30(19-26)24-12-15-28-27(18-24)32-17-14-22-6-4-3-5-7-22/h3-12,15,18,20,26H,13-14,16-17,19H2,1-2H3,(H,29,31)/t20-,26+/m0/s1. The highest BCUT2D eigenvalue weighted by molar-refractivity contribution is 5.73. The molecule has 1 N–H and O–H groups in total. The fourth-order valence-electron chi connectivity index (χ4n) is 4.07.